The minimum absolute atomic E-state index is 0.470. The van der Waals surface area contributed by atoms with E-state index in [1.807, 2.05) is 6.92 Å². The molecule has 0 aliphatic carbocycles. The smallest absolute Gasteiger partial charge is 0.107 e. The second kappa shape index (κ2) is 5.25. The number of aromatic nitrogens is 1. The van der Waals surface area contributed by atoms with E-state index in [2.05, 4.69) is 27.9 Å². The van der Waals surface area contributed by atoms with E-state index in [1.165, 1.54) is 17.8 Å². The van der Waals surface area contributed by atoms with Crippen LogP contribution < -0.4 is 10.6 Å². The van der Waals surface area contributed by atoms with E-state index >= 15 is 0 Å². The number of hydrogen-bond donors (Lipinski definition) is 2. The second-order valence-corrected chi connectivity index (χ2v) is 5.99. The van der Waals surface area contributed by atoms with Crippen LogP contribution in [0.15, 0.2) is 5.38 Å². The zero-order valence-electron chi connectivity index (χ0n) is 10.2. The first-order chi connectivity index (χ1) is 7.68. The summed E-state index contributed by atoms with van der Waals surface area (Å²) in [7, 11) is 0. The van der Waals surface area contributed by atoms with Gasteiger partial charge in [0.2, 0.25) is 0 Å². The number of thiazole rings is 1. The predicted molar refractivity (Wildman–Crippen MR) is 68.8 cm³/mol. The highest BCUT2D eigenvalue weighted by Crippen LogP contribution is 2.26. The Morgan fingerprint density at radius 1 is 1.50 bits per heavy atom. The Bertz CT molecular complexity index is 329. The number of rotatable bonds is 4. The van der Waals surface area contributed by atoms with E-state index in [0.717, 1.165) is 31.9 Å². The summed E-state index contributed by atoms with van der Waals surface area (Å²) in [5.41, 5.74) is 1.60. The average Bonchev–Trinajstić information content (AvgIpc) is 2.65. The number of aryl methyl sites for hydroxylation is 1. The molecule has 16 heavy (non-hydrogen) atoms. The van der Waals surface area contributed by atoms with Crippen molar-refractivity contribution in [3.05, 3.63) is 16.1 Å². The van der Waals surface area contributed by atoms with Crippen LogP contribution in [0.1, 0.15) is 30.5 Å². The molecule has 0 aromatic carbocycles. The molecule has 4 heteroatoms. The van der Waals surface area contributed by atoms with Crippen molar-refractivity contribution < 1.29 is 0 Å². The molecule has 0 saturated carbocycles. The molecule has 1 aliphatic rings. The van der Waals surface area contributed by atoms with Gasteiger partial charge in [0.15, 0.2) is 0 Å². The largest absolute Gasteiger partial charge is 0.317 e. The van der Waals surface area contributed by atoms with Crippen LogP contribution in [0.25, 0.3) is 0 Å². The van der Waals surface area contributed by atoms with Gasteiger partial charge < -0.3 is 10.6 Å². The van der Waals surface area contributed by atoms with Crippen LogP contribution in [0.5, 0.6) is 0 Å². The molecular formula is C12H21N3S. The summed E-state index contributed by atoms with van der Waals surface area (Å²) < 4.78 is 0. The van der Waals surface area contributed by atoms with Gasteiger partial charge in [-0.25, -0.2) is 4.98 Å². The van der Waals surface area contributed by atoms with Gasteiger partial charge in [0.05, 0.1) is 0 Å². The van der Waals surface area contributed by atoms with E-state index < -0.39 is 0 Å². The third kappa shape index (κ3) is 3.27. The standard InChI is InChI=1S/C12H21N3S/c1-10-8-16-11(15-10)7-14-9-12(2)3-5-13-6-4-12/h8,13-14H,3-7,9H2,1-2H3. The quantitative estimate of drug-likeness (QED) is 0.843. The SMILES string of the molecule is Cc1csc(CNCC2(C)CCNCC2)n1. The van der Waals surface area contributed by atoms with Gasteiger partial charge in [-0.1, -0.05) is 6.92 Å². The molecule has 2 heterocycles. The summed E-state index contributed by atoms with van der Waals surface area (Å²) >= 11 is 1.75. The molecule has 1 aromatic heterocycles. The number of nitrogens with one attached hydrogen (secondary N) is 2. The molecule has 0 amide bonds. The first-order valence-corrected chi connectivity index (χ1v) is 6.88. The summed E-state index contributed by atoms with van der Waals surface area (Å²) in [6, 6.07) is 0. The highest BCUT2D eigenvalue weighted by molar-refractivity contribution is 7.09. The molecule has 1 fully saturated rings. The Balaban J connectivity index is 1.74. The first-order valence-electron chi connectivity index (χ1n) is 6.00. The molecule has 0 radical (unpaired) electrons. The van der Waals surface area contributed by atoms with Crippen molar-refractivity contribution in [1.29, 1.82) is 0 Å². The van der Waals surface area contributed by atoms with Crippen molar-refractivity contribution in [1.82, 2.24) is 15.6 Å². The third-order valence-electron chi connectivity index (χ3n) is 3.31. The topological polar surface area (TPSA) is 37.0 Å². The van der Waals surface area contributed by atoms with Gasteiger partial charge in [0, 0.05) is 24.2 Å². The van der Waals surface area contributed by atoms with E-state index in [0.29, 0.717) is 5.41 Å². The van der Waals surface area contributed by atoms with E-state index in [4.69, 9.17) is 0 Å². The molecule has 2 N–H and O–H groups in total. The van der Waals surface area contributed by atoms with Gasteiger partial charge in [0.1, 0.15) is 5.01 Å². The van der Waals surface area contributed by atoms with E-state index in [9.17, 15) is 0 Å². The van der Waals surface area contributed by atoms with Crippen LogP contribution in [0.4, 0.5) is 0 Å². The van der Waals surface area contributed by atoms with Crippen LogP contribution in [-0.2, 0) is 6.54 Å². The third-order valence-corrected chi connectivity index (χ3v) is 4.27. The number of piperidine rings is 1. The number of hydrogen-bond acceptors (Lipinski definition) is 4. The highest BCUT2D eigenvalue weighted by Gasteiger charge is 2.25. The summed E-state index contributed by atoms with van der Waals surface area (Å²) in [6.45, 7) is 8.78. The first kappa shape index (κ1) is 12.0. The molecule has 2 rings (SSSR count). The average molecular weight is 239 g/mol. The van der Waals surface area contributed by atoms with Crippen LogP contribution in [-0.4, -0.2) is 24.6 Å². The molecule has 90 valence electrons. The van der Waals surface area contributed by atoms with Crippen molar-refractivity contribution in [3.63, 3.8) is 0 Å². The van der Waals surface area contributed by atoms with E-state index in [-0.39, 0.29) is 0 Å². The molecule has 3 nitrogen and oxygen atoms in total. The van der Waals surface area contributed by atoms with Gasteiger partial charge in [-0.15, -0.1) is 11.3 Å². The van der Waals surface area contributed by atoms with Crippen LogP contribution >= 0.6 is 11.3 Å². The molecule has 0 unspecified atom stereocenters. The van der Waals surface area contributed by atoms with E-state index in [1.54, 1.807) is 11.3 Å². The monoisotopic (exact) mass is 239 g/mol. The maximum atomic E-state index is 4.46. The fourth-order valence-electron chi connectivity index (χ4n) is 2.16. The molecule has 1 aliphatic heterocycles. The maximum Gasteiger partial charge on any atom is 0.107 e. The minimum Gasteiger partial charge on any atom is -0.317 e. The molecule has 1 aromatic rings. The zero-order valence-corrected chi connectivity index (χ0v) is 11.0. The molecular weight excluding hydrogens is 218 g/mol. The fraction of sp³-hybridized carbons (Fsp3) is 0.750. The maximum absolute atomic E-state index is 4.46. The lowest BCUT2D eigenvalue weighted by Gasteiger charge is -2.34. The van der Waals surface area contributed by atoms with Gasteiger partial charge in [-0.05, 0) is 38.3 Å². The van der Waals surface area contributed by atoms with Gasteiger partial charge >= 0.3 is 0 Å². The van der Waals surface area contributed by atoms with Crippen LogP contribution in [0.3, 0.4) is 0 Å². The predicted octanol–water partition coefficient (Wildman–Crippen LogP) is 1.93. The van der Waals surface area contributed by atoms with Crippen LogP contribution in [0.2, 0.25) is 0 Å². The van der Waals surface area contributed by atoms with Crippen molar-refractivity contribution in [2.75, 3.05) is 19.6 Å². The normalized spacial score (nSPS) is 19.9. The van der Waals surface area contributed by atoms with Crippen molar-refractivity contribution in [2.45, 2.75) is 33.2 Å². The van der Waals surface area contributed by atoms with Gasteiger partial charge in [-0.2, -0.15) is 0 Å². The summed E-state index contributed by atoms with van der Waals surface area (Å²) in [5.74, 6) is 0. The van der Waals surface area contributed by atoms with Crippen molar-refractivity contribution >= 4 is 11.3 Å². The Hall–Kier alpha value is -0.450. The lowest BCUT2D eigenvalue weighted by Crippen LogP contribution is -2.41. The Morgan fingerprint density at radius 3 is 2.88 bits per heavy atom. The minimum atomic E-state index is 0.470. The summed E-state index contributed by atoms with van der Waals surface area (Å²) in [4.78, 5) is 4.46. The van der Waals surface area contributed by atoms with Crippen molar-refractivity contribution in [3.8, 4) is 0 Å². The lowest BCUT2D eigenvalue weighted by molar-refractivity contribution is 0.220. The zero-order chi connectivity index (χ0) is 11.4. The number of nitrogens with zero attached hydrogens (tertiary/aromatic N) is 1. The summed E-state index contributed by atoms with van der Waals surface area (Å²) in [5, 5.41) is 10.3. The summed E-state index contributed by atoms with van der Waals surface area (Å²) in [6.07, 6.45) is 2.55. The molecule has 1 saturated heterocycles. The van der Waals surface area contributed by atoms with Crippen molar-refractivity contribution in [2.24, 2.45) is 5.41 Å². The van der Waals surface area contributed by atoms with Gasteiger partial charge in [-0.3, -0.25) is 0 Å². The fourth-order valence-corrected chi connectivity index (χ4v) is 2.90. The van der Waals surface area contributed by atoms with Gasteiger partial charge in [0.25, 0.3) is 0 Å². The van der Waals surface area contributed by atoms with Crippen LogP contribution in [0, 0.1) is 12.3 Å². The molecule has 0 atom stereocenters. The molecule has 0 spiro atoms. The Morgan fingerprint density at radius 2 is 2.25 bits per heavy atom. The lowest BCUT2D eigenvalue weighted by atomic mass is 9.81. The Labute approximate surface area is 102 Å². The second-order valence-electron chi connectivity index (χ2n) is 5.05. The highest BCUT2D eigenvalue weighted by atomic mass is 32.1. The Kier molecular flexibility index (Phi) is 3.95. The molecule has 0 bridgehead atoms.